The Morgan fingerprint density at radius 2 is 1.75 bits per heavy atom. The van der Waals surface area contributed by atoms with Crippen molar-refractivity contribution in [2.75, 3.05) is 26.6 Å². The van der Waals surface area contributed by atoms with Gasteiger partial charge in [0, 0.05) is 6.42 Å². The maximum Gasteiger partial charge on any atom is 0.303 e. The Morgan fingerprint density at radius 3 is 2.12 bits per heavy atom. The fraction of sp³-hybridized carbons (Fsp3) is 0.909. The van der Waals surface area contributed by atoms with Gasteiger partial charge in [-0.1, -0.05) is 12.8 Å². The molecule has 0 amide bonds. The monoisotopic (exact) mass is 233 g/mol. The lowest BCUT2D eigenvalue weighted by Crippen LogP contribution is -2.11. The van der Waals surface area contributed by atoms with Gasteiger partial charge in [-0.2, -0.15) is 0 Å². The van der Waals surface area contributed by atoms with Gasteiger partial charge in [0.1, 0.15) is 6.79 Å². The number of carboxylic acid groups (broad SMARTS) is 1. The van der Waals surface area contributed by atoms with Crippen molar-refractivity contribution in [2.45, 2.75) is 38.5 Å². The first-order valence-corrected chi connectivity index (χ1v) is 5.84. The summed E-state index contributed by atoms with van der Waals surface area (Å²) in [7, 11) is 0. The van der Waals surface area contributed by atoms with Gasteiger partial charge in [-0.3, -0.25) is 4.79 Å². The normalized spacial score (nSPS) is 15.1. The molecule has 3 N–H and O–H groups in total. The molecular formula is C11H23NO4. The second-order valence-electron chi connectivity index (χ2n) is 3.63. The lowest BCUT2D eigenvalue weighted by molar-refractivity contribution is -0.137. The van der Waals surface area contributed by atoms with E-state index in [2.05, 4.69) is 0 Å². The highest BCUT2D eigenvalue weighted by Gasteiger charge is 1.95. The number of aliphatic carboxylic acids is 1. The molecule has 1 aliphatic heterocycles. The average molecular weight is 233 g/mol. The highest BCUT2D eigenvalue weighted by Crippen LogP contribution is 2.01. The molecule has 1 saturated heterocycles. The summed E-state index contributed by atoms with van der Waals surface area (Å²) >= 11 is 0. The molecule has 0 bridgehead atoms. The van der Waals surface area contributed by atoms with Crippen LogP contribution in [0.1, 0.15) is 38.5 Å². The molecular weight excluding hydrogens is 210 g/mol. The van der Waals surface area contributed by atoms with Gasteiger partial charge in [0.2, 0.25) is 0 Å². The molecule has 96 valence electrons. The second-order valence-corrected chi connectivity index (χ2v) is 3.63. The van der Waals surface area contributed by atoms with Crippen LogP contribution in [0.15, 0.2) is 0 Å². The SMILES string of the molecule is C1COCOC1.NCCCCCCC(=O)O. The van der Waals surface area contributed by atoms with Crippen LogP contribution in [0.4, 0.5) is 0 Å². The van der Waals surface area contributed by atoms with E-state index in [0.717, 1.165) is 45.3 Å². The summed E-state index contributed by atoms with van der Waals surface area (Å²) in [6, 6.07) is 0. The topological polar surface area (TPSA) is 81.8 Å². The van der Waals surface area contributed by atoms with Gasteiger partial charge >= 0.3 is 5.97 Å². The first-order valence-electron chi connectivity index (χ1n) is 5.84. The van der Waals surface area contributed by atoms with Crippen LogP contribution in [0.25, 0.3) is 0 Å². The van der Waals surface area contributed by atoms with Crippen molar-refractivity contribution in [3.05, 3.63) is 0 Å². The molecule has 1 rings (SSSR count). The zero-order valence-electron chi connectivity index (χ0n) is 9.82. The van der Waals surface area contributed by atoms with E-state index in [-0.39, 0.29) is 0 Å². The molecule has 1 fully saturated rings. The van der Waals surface area contributed by atoms with Gasteiger partial charge in [0.25, 0.3) is 0 Å². The molecule has 0 unspecified atom stereocenters. The van der Waals surface area contributed by atoms with E-state index in [1.807, 2.05) is 0 Å². The molecule has 0 radical (unpaired) electrons. The van der Waals surface area contributed by atoms with E-state index in [9.17, 15) is 4.79 Å². The zero-order chi connectivity index (χ0) is 12.1. The van der Waals surface area contributed by atoms with Crippen LogP contribution in [0.2, 0.25) is 0 Å². The minimum atomic E-state index is -0.701. The maximum absolute atomic E-state index is 10.0. The van der Waals surface area contributed by atoms with Crippen molar-refractivity contribution >= 4 is 5.97 Å². The van der Waals surface area contributed by atoms with Gasteiger partial charge in [-0.15, -0.1) is 0 Å². The lowest BCUT2D eigenvalue weighted by Gasteiger charge is -2.09. The first kappa shape index (κ1) is 15.3. The third-order valence-electron chi connectivity index (χ3n) is 2.09. The van der Waals surface area contributed by atoms with E-state index in [4.69, 9.17) is 20.3 Å². The van der Waals surface area contributed by atoms with Crippen molar-refractivity contribution in [1.29, 1.82) is 0 Å². The van der Waals surface area contributed by atoms with E-state index in [0.29, 0.717) is 19.8 Å². The van der Waals surface area contributed by atoms with Crippen LogP contribution < -0.4 is 5.73 Å². The first-order chi connectivity index (χ1) is 7.77. The Morgan fingerprint density at radius 1 is 1.12 bits per heavy atom. The Hall–Kier alpha value is -0.650. The number of nitrogens with two attached hydrogens (primary N) is 1. The van der Waals surface area contributed by atoms with E-state index < -0.39 is 5.97 Å². The highest BCUT2D eigenvalue weighted by molar-refractivity contribution is 5.66. The molecule has 1 heterocycles. The fourth-order valence-electron chi connectivity index (χ4n) is 1.21. The highest BCUT2D eigenvalue weighted by atomic mass is 16.7. The largest absolute Gasteiger partial charge is 0.481 e. The van der Waals surface area contributed by atoms with Crippen LogP contribution >= 0.6 is 0 Å². The second kappa shape index (κ2) is 12.4. The quantitative estimate of drug-likeness (QED) is 0.677. The van der Waals surface area contributed by atoms with Gasteiger partial charge in [0.05, 0.1) is 13.2 Å². The van der Waals surface area contributed by atoms with E-state index >= 15 is 0 Å². The van der Waals surface area contributed by atoms with Crippen LogP contribution in [0, 0.1) is 0 Å². The van der Waals surface area contributed by atoms with Gasteiger partial charge < -0.3 is 20.3 Å². The Bertz CT molecular complexity index is 149. The van der Waals surface area contributed by atoms with Gasteiger partial charge in [-0.05, 0) is 25.8 Å². The molecule has 0 aromatic heterocycles. The Kier molecular flexibility index (Phi) is 11.9. The Labute approximate surface area is 96.9 Å². The van der Waals surface area contributed by atoms with Crippen molar-refractivity contribution < 1.29 is 19.4 Å². The number of carboxylic acids is 1. The lowest BCUT2D eigenvalue weighted by atomic mass is 10.1. The molecule has 0 aromatic carbocycles. The molecule has 0 aliphatic carbocycles. The standard InChI is InChI=1S/C7H15NO2.C4H8O2/c8-6-4-2-1-3-5-7(9)10;1-2-5-4-6-3-1/h1-6,8H2,(H,9,10);1-4H2. The molecule has 0 spiro atoms. The van der Waals surface area contributed by atoms with E-state index in [1.165, 1.54) is 0 Å². The van der Waals surface area contributed by atoms with Crippen molar-refractivity contribution in [3.8, 4) is 0 Å². The summed E-state index contributed by atoms with van der Waals surface area (Å²) < 4.78 is 9.69. The number of carbonyl (C=O) groups is 1. The van der Waals surface area contributed by atoms with Crippen molar-refractivity contribution in [1.82, 2.24) is 0 Å². The van der Waals surface area contributed by atoms with Crippen molar-refractivity contribution in [3.63, 3.8) is 0 Å². The minimum Gasteiger partial charge on any atom is -0.481 e. The maximum atomic E-state index is 10.0. The number of hydrogen-bond donors (Lipinski definition) is 2. The summed E-state index contributed by atoms with van der Waals surface area (Å²) in [6.45, 7) is 2.97. The Balaban J connectivity index is 0.000000315. The third-order valence-corrected chi connectivity index (χ3v) is 2.09. The summed E-state index contributed by atoms with van der Waals surface area (Å²) in [4.78, 5) is 10.0. The predicted octanol–water partition coefficient (Wildman–Crippen LogP) is 1.36. The number of ether oxygens (including phenoxy) is 2. The summed E-state index contributed by atoms with van der Waals surface area (Å²) in [6.07, 6.45) is 5.20. The van der Waals surface area contributed by atoms with Gasteiger partial charge in [0.15, 0.2) is 0 Å². The average Bonchev–Trinajstić information content (AvgIpc) is 2.31. The van der Waals surface area contributed by atoms with E-state index in [1.54, 1.807) is 0 Å². The number of rotatable bonds is 6. The van der Waals surface area contributed by atoms with Crippen LogP contribution in [-0.2, 0) is 14.3 Å². The molecule has 1 aliphatic rings. The minimum absolute atomic E-state index is 0.296. The van der Waals surface area contributed by atoms with Gasteiger partial charge in [-0.25, -0.2) is 0 Å². The molecule has 0 aromatic rings. The number of unbranched alkanes of at least 4 members (excludes halogenated alkanes) is 3. The summed E-state index contributed by atoms with van der Waals surface area (Å²) in [5.41, 5.74) is 5.25. The zero-order valence-corrected chi connectivity index (χ0v) is 9.82. The number of hydrogen-bond acceptors (Lipinski definition) is 4. The van der Waals surface area contributed by atoms with Crippen LogP contribution in [0.5, 0.6) is 0 Å². The molecule has 0 atom stereocenters. The molecule has 0 saturated carbocycles. The molecule has 5 nitrogen and oxygen atoms in total. The summed E-state index contributed by atoms with van der Waals surface area (Å²) in [5.74, 6) is -0.701. The van der Waals surface area contributed by atoms with Crippen LogP contribution in [-0.4, -0.2) is 37.6 Å². The fourth-order valence-corrected chi connectivity index (χ4v) is 1.21. The smallest absolute Gasteiger partial charge is 0.303 e. The third kappa shape index (κ3) is 13.4. The summed E-state index contributed by atoms with van der Waals surface area (Å²) in [5, 5.41) is 8.25. The predicted molar refractivity (Wildman–Crippen MR) is 61.2 cm³/mol. The van der Waals surface area contributed by atoms with Crippen molar-refractivity contribution in [2.24, 2.45) is 5.73 Å². The molecule has 5 heteroatoms. The molecule has 16 heavy (non-hydrogen) atoms. The van der Waals surface area contributed by atoms with Crippen LogP contribution in [0.3, 0.4) is 0 Å².